The molecule has 8 heteroatoms. The Labute approximate surface area is 193 Å². The first kappa shape index (κ1) is 24.9. The maximum Gasteiger partial charge on any atom is 0.416 e. The molecule has 0 unspecified atom stereocenters. The highest BCUT2D eigenvalue weighted by molar-refractivity contribution is 5.87. The number of aromatic nitrogens is 1. The van der Waals surface area contributed by atoms with E-state index in [1.54, 1.807) is 6.92 Å². The summed E-state index contributed by atoms with van der Waals surface area (Å²) in [5, 5.41) is 8.92. The van der Waals surface area contributed by atoms with E-state index in [4.69, 9.17) is 5.11 Å². The van der Waals surface area contributed by atoms with Crippen LogP contribution in [-0.2, 0) is 24.9 Å². The molecule has 0 radical (unpaired) electrons. The van der Waals surface area contributed by atoms with Gasteiger partial charge < -0.3 is 5.11 Å². The van der Waals surface area contributed by atoms with Gasteiger partial charge >= 0.3 is 12.1 Å². The standard InChI is InChI=1S/C26H20F5NO2/c1-17-14-22(25(27,28)13-12-18-8-10-20(11-9-18)24(33)34)16-23(32-17)7-3-5-19-4-2-6-21(15-19)26(29,30)31/h2,4,6,8-11,14-16H,5,12-13H2,1H3,(H,33,34). The fourth-order valence-corrected chi connectivity index (χ4v) is 3.30. The number of hydrogen-bond acceptors (Lipinski definition) is 2. The summed E-state index contributed by atoms with van der Waals surface area (Å²) in [6.07, 6.45) is -4.91. The predicted octanol–water partition coefficient (Wildman–Crippen LogP) is 6.43. The average Bonchev–Trinajstić information content (AvgIpc) is 2.77. The van der Waals surface area contributed by atoms with Gasteiger partial charge in [-0.15, -0.1) is 0 Å². The van der Waals surface area contributed by atoms with Crippen LogP contribution in [0.25, 0.3) is 0 Å². The fraction of sp³-hybridized carbons (Fsp3) is 0.231. The first-order valence-electron chi connectivity index (χ1n) is 10.3. The van der Waals surface area contributed by atoms with Gasteiger partial charge in [0.05, 0.1) is 11.1 Å². The number of nitrogens with zero attached hydrogens (tertiary/aromatic N) is 1. The van der Waals surface area contributed by atoms with Gasteiger partial charge in [-0.25, -0.2) is 18.6 Å². The van der Waals surface area contributed by atoms with Crippen LogP contribution in [-0.4, -0.2) is 16.1 Å². The SMILES string of the molecule is Cc1cc(C(F)(F)CCc2ccc(C(=O)O)cc2)cc(C#CCc2cccc(C(F)(F)F)c2)n1. The van der Waals surface area contributed by atoms with Crippen LogP contribution in [0.1, 0.15) is 50.4 Å². The highest BCUT2D eigenvalue weighted by Gasteiger charge is 2.32. The molecule has 0 fully saturated rings. The van der Waals surface area contributed by atoms with Crippen LogP contribution in [0.15, 0.2) is 60.7 Å². The summed E-state index contributed by atoms with van der Waals surface area (Å²) in [6.45, 7) is 1.56. The van der Waals surface area contributed by atoms with Gasteiger partial charge in [-0.3, -0.25) is 0 Å². The molecule has 0 aliphatic heterocycles. The van der Waals surface area contributed by atoms with Crippen LogP contribution in [0.4, 0.5) is 22.0 Å². The topological polar surface area (TPSA) is 50.2 Å². The van der Waals surface area contributed by atoms with Crippen molar-refractivity contribution in [1.29, 1.82) is 0 Å². The smallest absolute Gasteiger partial charge is 0.416 e. The lowest BCUT2D eigenvalue weighted by molar-refractivity contribution is -0.137. The average molecular weight is 473 g/mol. The van der Waals surface area contributed by atoms with Crippen molar-refractivity contribution in [1.82, 2.24) is 4.98 Å². The van der Waals surface area contributed by atoms with Crippen molar-refractivity contribution in [2.24, 2.45) is 0 Å². The van der Waals surface area contributed by atoms with Crippen molar-refractivity contribution in [3.8, 4) is 11.8 Å². The first-order chi connectivity index (χ1) is 15.9. The molecule has 3 rings (SSSR count). The summed E-state index contributed by atoms with van der Waals surface area (Å²) in [6, 6.07) is 13.0. The van der Waals surface area contributed by atoms with Crippen molar-refractivity contribution in [2.45, 2.75) is 38.3 Å². The third kappa shape index (κ3) is 6.64. The zero-order valence-electron chi connectivity index (χ0n) is 18.1. The molecule has 1 heterocycles. The lowest BCUT2D eigenvalue weighted by Gasteiger charge is -2.17. The van der Waals surface area contributed by atoms with E-state index in [-0.39, 0.29) is 29.7 Å². The Morgan fingerprint density at radius 1 is 0.941 bits per heavy atom. The molecule has 0 atom stereocenters. The molecule has 0 aliphatic carbocycles. The maximum atomic E-state index is 14.9. The minimum atomic E-state index is -4.46. The van der Waals surface area contributed by atoms with Crippen LogP contribution < -0.4 is 0 Å². The number of aromatic carboxylic acids is 1. The largest absolute Gasteiger partial charge is 0.478 e. The normalized spacial score (nSPS) is 11.6. The number of carboxylic acid groups (broad SMARTS) is 1. The second-order valence-corrected chi connectivity index (χ2v) is 7.77. The number of hydrogen-bond donors (Lipinski definition) is 1. The van der Waals surface area contributed by atoms with Crippen molar-refractivity contribution >= 4 is 5.97 Å². The Kier molecular flexibility index (Phi) is 7.35. The molecule has 0 saturated carbocycles. The van der Waals surface area contributed by atoms with Gasteiger partial charge in [0.1, 0.15) is 5.69 Å². The molecule has 0 spiro atoms. The van der Waals surface area contributed by atoms with Gasteiger partial charge in [0.25, 0.3) is 5.92 Å². The second kappa shape index (κ2) is 10.0. The highest BCUT2D eigenvalue weighted by atomic mass is 19.4. The molecule has 0 aliphatic rings. The molecular weight excluding hydrogens is 453 g/mol. The third-order valence-corrected chi connectivity index (χ3v) is 5.07. The van der Waals surface area contributed by atoms with Gasteiger partial charge in [0.15, 0.2) is 0 Å². The van der Waals surface area contributed by atoms with E-state index in [0.717, 1.165) is 12.1 Å². The number of carboxylic acids is 1. The van der Waals surface area contributed by atoms with E-state index in [2.05, 4.69) is 16.8 Å². The minimum Gasteiger partial charge on any atom is -0.478 e. The van der Waals surface area contributed by atoms with Crippen molar-refractivity contribution in [3.63, 3.8) is 0 Å². The van der Waals surface area contributed by atoms with Gasteiger partial charge in [-0.1, -0.05) is 36.3 Å². The number of benzene rings is 2. The highest BCUT2D eigenvalue weighted by Crippen LogP contribution is 2.34. The van der Waals surface area contributed by atoms with E-state index < -0.39 is 30.1 Å². The molecule has 0 bridgehead atoms. The molecular formula is C26H20F5NO2. The molecule has 0 amide bonds. The maximum absolute atomic E-state index is 14.9. The van der Waals surface area contributed by atoms with Crippen LogP contribution in [0, 0.1) is 18.8 Å². The summed E-state index contributed by atoms with van der Waals surface area (Å²) in [4.78, 5) is 15.0. The summed E-state index contributed by atoms with van der Waals surface area (Å²) in [5.74, 6) is 1.09. The monoisotopic (exact) mass is 473 g/mol. The van der Waals surface area contributed by atoms with E-state index in [9.17, 15) is 26.7 Å². The number of halogens is 5. The van der Waals surface area contributed by atoms with E-state index in [1.807, 2.05) is 0 Å². The molecule has 3 aromatic rings. The zero-order chi connectivity index (χ0) is 24.9. The summed E-state index contributed by atoms with van der Waals surface area (Å²) >= 11 is 0. The zero-order valence-corrected chi connectivity index (χ0v) is 18.1. The number of carbonyl (C=O) groups is 1. The minimum absolute atomic E-state index is 0.0115. The summed E-state index contributed by atoms with van der Waals surface area (Å²) in [5.41, 5.74) is 0.420. The van der Waals surface area contributed by atoms with Gasteiger partial charge in [-0.2, -0.15) is 13.2 Å². The number of alkyl halides is 5. The molecule has 34 heavy (non-hydrogen) atoms. The Balaban J connectivity index is 1.72. The quantitative estimate of drug-likeness (QED) is 0.332. The molecule has 3 nitrogen and oxygen atoms in total. The molecule has 2 aromatic carbocycles. The lowest BCUT2D eigenvalue weighted by atomic mass is 9.99. The molecule has 1 aromatic heterocycles. The van der Waals surface area contributed by atoms with Crippen molar-refractivity contribution in [3.05, 3.63) is 99.9 Å². The predicted molar refractivity (Wildman–Crippen MR) is 117 cm³/mol. The number of aryl methyl sites for hydroxylation is 2. The Bertz CT molecular complexity index is 1240. The Morgan fingerprint density at radius 3 is 2.29 bits per heavy atom. The lowest BCUT2D eigenvalue weighted by Crippen LogP contribution is -2.15. The summed E-state index contributed by atoms with van der Waals surface area (Å²) < 4.78 is 68.3. The second-order valence-electron chi connectivity index (χ2n) is 7.77. The fourth-order valence-electron chi connectivity index (χ4n) is 3.30. The third-order valence-electron chi connectivity index (χ3n) is 5.07. The van der Waals surface area contributed by atoms with Crippen LogP contribution in [0.5, 0.6) is 0 Å². The molecule has 0 saturated heterocycles. The Hall–Kier alpha value is -3.73. The van der Waals surface area contributed by atoms with Gasteiger partial charge in [0, 0.05) is 24.1 Å². The van der Waals surface area contributed by atoms with E-state index in [1.165, 1.54) is 48.5 Å². The first-order valence-corrected chi connectivity index (χ1v) is 10.3. The van der Waals surface area contributed by atoms with Crippen molar-refractivity contribution in [2.75, 3.05) is 0 Å². The van der Waals surface area contributed by atoms with Crippen LogP contribution >= 0.6 is 0 Å². The van der Waals surface area contributed by atoms with Crippen LogP contribution in [0.3, 0.4) is 0 Å². The number of pyridine rings is 1. The molecule has 176 valence electrons. The molecule has 1 N–H and O–H groups in total. The van der Waals surface area contributed by atoms with Gasteiger partial charge in [-0.05, 0) is 60.7 Å². The van der Waals surface area contributed by atoms with E-state index >= 15 is 0 Å². The summed E-state index contributed by atoms with van der Waals surface area (Å²) in [7, 11) is 0. The number of rotatable bonds is 6. The van der Waals surface area contributed by atoms with Crippen molar-refractivity contribution < 1.29 is 31.9 Å². The van der Waals surface area contributed by atoms with Crippen LogP contribution in [0.2, 0.25) is 0 Å². The van der Waals surface area contributed by atoms with E-state index in [0.29, 0.717) is 16.8 Å². The Morgan fingerprint density at radius 2 is 1.65 bits per heavy atom. The van der Waals surface area contributed by atoms with Gasteiger partial charge in [0.2, 0.25) is 0 Å².